The number of phenolic OH excluding ortho intramolecular Hbond substituents is 1. The van der Waals surface area contributed by atoms with Crippen LogP contribution in [0.3, 0.4) is 0 Å². The lowest BCUT2D eigenvalue weighted by Crippen LogP contribution is -2.20. The van der Waals surface area contributed by atoms with Crippen LogP contribution in [0.2, 0.25) is 0 Å². The number of hydrogen-bond acceptors (Lipinski definition) is 3. The molecule has 3 aromatic carbocycles. The fourth-order valence-corrected chi connectivity index (χ4v) is 3.67. The first-order chi connectivity index (χ1) is 15.0. The van der Waals surface area contributed by atoms with Crippen molar-refractivity contribution in [2.45, 2.75) is 58.8 Å². The number of rotatable bonds is 5. The standard InChI is InChI=1S/C28H33NO3/c1-7-19-18-22(12-17-25(19)30)28(5,6)21-8-13-23(14-9-21)29-26(31)32-24-15-10-20(11-16-24)27(2,3)4/h8-18,30H,7H2,1-6H3,(H,29,31). The van der Waals surface area contributed by atoms with Crippen molar-refractivity contribution in [3.63, 3.8) is 0 Å². The van der Waals surface area contributed by atoms with Crippen LogP contribution >= 0.6 is 0 Å². The van der Waals surface area contributed by atoms with E-state index in [0.717, 1.165) is 23.1 Å². The Labute approximate surface area is 191 Å². The third kappa shape index (κ3) is 5.31. The Bertz CT molecular complexity index is 1080. The maximum Gasteiger partial charge on any atom is 0.417 e. The van der Waals surface area contributed by atoms with Gasteiger partial charge in [0.1, 0.15) is 11.5 Å². The second-order valence-electron chi connectivity index (χ2n) is 9.69. The molecule has 0 spiro atoms. The molecule has 0 heterocycles. The Morgan fingerprint density at radius 3 is 1.97 bits per heavy atom. The van der Waals surface area contributed by atoms with Crippen LogP contribution in [-0.2, 0) is 17.3 Å². The van der Waals surface area contributed by atoms with Gasteiger partial charge in [0.15, 0.2) is 0 Å². The number of carbonyl (C=O) groups excluding carboxylic acids is 1. The molecule has 3 rings (SSSR count). The van der Waals surface area contributed by atoms with Gasteiger partial charge in [-0.15, -0.1) is 0 Å². The van der Waals surface area contributed by atoms with Crippen LogP contribution in [0.15, 0.2) is 66.7 Å². The highest BCUT2D eigenvalue weighted by molar-refractivity contribution is 5.86. The lowest BCUT2D eigenvalue weighted by molar-refractivity contribution is 0.215. The van der Waals surface area contributed by atoms with Crippen LogP contribution in [0.1, 0.15) is 63.8 Å². The van der Waals surface area contributed by atoms with Gasteiger partial charge in [-0.2, -0.15) is 0 Å². The summed E-state index contributed by atoms with van der Waals surface area (Å²) in [6, 6.07) is 21.1. The summed E-state index contributed by atoms with van der Waals surface area (Å²) in [6.07, 6.45) is 0.256. The number of benzene rings is 3. The molecule has 0 aromatic heterocycles. The van der Waals surface area contributed by atoms with Crippen LogP contribution < -0.4 is 10.1 Å². The van der Waals surface area contributed by atoms with Gasteiger partial charge in [0, 0.05) is 11.1 Å². The second-order valence-corrected chi connectivity index (χ2v) is 9.69. The van der Waals surface area contributed by atoms with E-state index in [9.17, 15) is 9.90 Å². The Hall–Kier alpha value is -3.27. The van der Waals surface area contributed by atoms with Gasteiger partial charge in [0.25, 0.3) is 0 Å². The first kappa shape index (κ1) is 23.4. The van der Waals surface area contributed by atoms with Crippen molar-refractivity contribution in [3.8, 4) is 11.5 Å². The minimum absolute atomic E-state index is 0.0502. The second kappa shape index (κ2) is 9.07. The van der Waals surface area contributed by atoms with E-state index in [1.54, 1.807) is 6.07 Å². The summed E-state index contributed by atoms with van der Waals surface area (Å²) in [7, 11) is 0. The minimum Gasteiger partial charge on any atom is -0.508 e. The number of ether oxygens (including phenoxy) is 1. The quantitative estimate of drug-likeness (QED) is 0.449. The van der Waals surface area contributed by atoms with Gasteiger partial charge in [-0.1, -0.05) is 77.9 Å². The zero-order valence-corrected chi connectivity index (χ0v) is 19.8. The molecule has 0 radical (unpaired) electrons. The molecule has 0 unspecified atom stereocenters. The molecule has 2 N–H and O–H groups in total. The molecular formula is C28H33NO3. The number of anilines is 1. The predicted molar refractivity (Wildman–Crippen MR) is 131 cm³/mol. The largest absolute Gasteiger partial charge is 0.508 e. The van der Waals surface area contributed by atoms with Gasteiger partial charge in [-0.3, -0.25) is 5.32 Å². The Morgan fingerprint density at radius 2 is 1.41 bits per heavy atom. The summed E-state index contributed by atoms with van der Waals surface area (Å²) < 4.78 is 5.42. The number of aromatic hydroxyl groups is 1. The van der Waals surface area contributed by atoms with Crippen LogP contribution in [-0.4, -0.2) is 11.2 Å². The summed E-state index contributed by atoms with van der Waals surface area (Å²) in [4.78, 5) is 12.3. The number of nitrogens with one attached hydrogen (secondary N) is 1. The molecule has 3 aromatic rings. The van der Waals surface area contributed by atoms with Crippen LogP contribution in [0.5, 0.6) is 11.5 Å². The molecule has 0 fully saturated rings. The Balaban J connectivity index is 1.68. The van der Waals surface area contributed by atoms with Crippen molar-refractivity contribution in [1.82, 2.24) is 0 Å². The van der Waals surface area contributed by atoms with E-state index in [1.807, 2.05) is 61.5 Å². The van der Waals surface area contributed by atoms with E-state index in [-0.39, 0.29) is 10.8 Å². The minimum atomic E-state index is -0.522. The molecule has 1 amide bonds. The smallest absolute Gasteiger partial charge is 0.417 e. The first-order valence-corrected chi connectivity index (χ1v) is 11.0. The first-order valence-electron chi connectivity index (χ1n) is 11.0. The maximum atomic E-state index is 12.3. The van der Waals surface area contributed by atoms with Crippen molar-refractivity contribution in [2.24, 2.45) is 0 Å². The normalized spacial score (nSPS) is 11.8. The predicted octanol–water partition coefficient (Wildman–Crippen LogP) is 7.19. The highest BCUT2D eigenvalue weighted by Gasteiger charge is 2.24. The van der Waals surface area contributed by atoms with E-state index in [4.69, 9.17) is 4.74 Å². The average Bonchev–Trinajstić information content (AvgIpc) is 2.74. The van der Waals surface area contributed by atoms with E-state index in [0.29, 0.717) is 17.2 Å². The molecule has 0 bridgehead atoms. The molecular weight excluding hydrogens is 398 g/mol. The van der Waals surface area contributed by atoms with Gasteiger partial charge in [0.05, 0.1) is 0 Å². The maximum absolute atomic E-state index is 12.3. The molecule has 0 aliphatic heterocycles. The molecule has 0 aliphatic carbocycles. The Kier molecular flexibility index (Phi) is 6.63. The molecule has 32 heavy (non-hydrogen) atoms. The number of hydrogen-bond donors (Lipinski definition) is 2. The molecule has 168 valence electrons. The third-order valence-corrected chi connectivity index (χ3v) is 5.97. The number of phenols is 1. The fourth-order valence-electron chi connectivity index (χ4n) is 3.67. The zero-order chi connectivity index (χ0) is 23.5. The highest BCUT2D eigenvalue weighted by atomic mass is 16.6. The molecule has 0 saturated carbocycles. The van der Waals surface area contributed by atoms with Crippen molar-refractivity contribution in [2.75, 3.05) is 5.32 Å². The molecule has 0 saturated heterocycles. The molecule has 4 heteroatoms. The number of aryl methyl sites for hydroxylation is 1. The van der Waals surface area contributed by atoms with E-state index < -0.39 is 6.09 Å². The topological polar surface area (TPSA) is 58.6 Å². The van der Waals surface area contributed by atoms with E-state index >= 15 is 0 Å². The SMILES string of the molecule is CCc1cc(C(C)(C)c2ccc(NC(=O)Oc3ccc(C(C)(C)C)cc3)cc2)ccc1O. The fraction of sp³-hybridized carbons (Fsp3) is 0.321. The van der Waals surface area contributed by atoms with Crippen LogP contribution in [0, 0.1) is 0 Å². The summed E-state index contributed by atoms with van der Waals surface area (Å²) in [5.41, 5.74) is 4.84. The van der Waals surface area contributed by atoms with Crippen LogP contribution in [0.25, 0.3) is 0 Å². The van der Waals surface area contributed by atoms with E-state index in [1.165, 1.54) is 5.56 Å². The van der Waals surface area contributed by atoms with Gasteiger partial charge in [0.2, 0.25) is 0 Å². The van der Waals surface area contributed by atoms with Gasteiger partial charge >= 0.3 is 6.09 Å². The third-order valence-electron chi connectivity index (χ3n) is 5.97. The number of amides is 1. The van der Waals surface area contributed by atoms with Crippen molar-refractivity contribution in [1.29, 1.82) is 0 Å². The summed E-state index contributed by atoms with van der Waals surface area (Å²) in [5.74, 6) is 0.838. The van der Waals surface area contributed by atoms with Crippen LogP contribution in [0.4, 0.5) is 10.5 Å². The summed E-state index contributed by atoms with van der Waals surface area (Å²) in [6.45, 7) is 12.8. The summed E-state index contributed by atoms with van der Waals surface area (Å²) in [5, 5.41) is 12.8. The highest BCUT2D eigenvalue weighted by Crippen LogP contribution is 2.34. The number of carbonyl (C=O) groups is 1. The van der Waals surface area contributed by atoms with Gasteiger partial charge < -0.3 is 9.84 Å². The monoisotopic (exact) mass is 431 g/mol. The lowest BCUT2D eigenvalue weighted by Gasteiger charge is -2.27. The zero-order valence-electron chi connectivity index (χ0n) is 19.8. The molecule has 0 aliphatic rings. The van der Waals surface area contributed by atoms with Crippen molar-refractivity contribution in [3.05, 3.63) is 89.0 Å². The van der Waals surface area contributed by atoms with E-state index in [2.05, 4.69) is 46.0 Å². The van der Waals surface area contributed by atoms with Gasteiger partial charge in [-0.05, 0) is 64.4 Å². The van der Waals surface area contributed by atoms with Crippen molar-refractivity contribution < 1.29 is 14.6 Å². The lowest BCUT2D eigenvalue weighted by atomic mass is 9.77. The van der Waals surface area contributed by atoms with Crippen molar-refractivity contribution >= 4 is 11.8 Å². The van der Waals surface area contributed by atoms with Gasteiger partial charge in [-0.25, -0.2) is 4.79 Å². The molecule has 0 atom stereocenters. The molecule has 4 nitrogen and oxygen atoms in total. The Morgan fingerprint density at radius 1 is 0.844 bits per heavy atom. The summed E-state index contributed by atoms with van der Waals surface area (Å²) >= 11 is 0. The average molecular weight is 432 g/mol.